The molecule has 17 heavy (non-hydrogen) atoms. The van der Waals surface area contributed by atoms with Gasteiger partial charge in [-0.1, -0.05) is 12.1 Å². The summed E-state index contributed by atoms with van der Waals surface area (Å²) in [6.07, 6.45) is 2.12. The Bertz CT molecular complexity index is 431. The first-order chi connectivity index (χ1) is 8.13. The van der Waals surface area contributed by atoms with E-state index in [0.717, 1.165) is 25.9 Å². The summed E-state index contributed by atoms with van der Waals surface area (Å²) in [7, 11) is 0. The summed E-state index contributed by atoms with van der Waals surface area (Å²) >= 11 is 0. The zero-order valence-electron chi connectivity index (χ0n) is 10.0. The lowest BCUT2D eigenvalue weighted by Crippen LogP contribution is -2.29. The van der Waals surface area contributed by atoms with Gasteiger partial charge < -0.3 is 15.7 Å². The van der Waals surface area contributed by atoms with Crippen molar-refractivity contribution in [3.05, 3.63) is 29.3 Å². The summed E-state index contributed by atoms with van der Waals surface area (Å²) in [6, 6.07) is 4.84. The molecule has 1 aliphatic rings. The molecule has 1 aromatic carbocycles. The number of carboxylic acid groups (broad SMARTS) is 1. The van der Waals surface area contributed by atoms with E-state index in [2.05, 4.69) is 11.8 Å². The first-order valence-electron chi connectivity index (χ1n) is 5.99. The standard InChI is InChI=1S/C13H18N2O2/c1-2-15-7-3-4-9-8-10(5-6-11(9)15)12(14)13(16)17/h5-6,8,12H,2-4,7,14H2,1H3,(H,16,17)/t12-/m0/s1. The maximum absolute atomic E-state index is 10.9. The summed E-state index contributed by atoms with van der Waals surface area (Å²) in [5.41, 5.74) is 8.75. The molecule has 0 amide bonds. The van der Waals surface area contributed by atoms with Crippen LogP contribution in [-0.2, 0) is 11.2 Å². The van der Waals surface area contributed by atoms with Crippen LogP contribution < -0.4 is 10.6 Å². The zero-order valence-corrected chi connectivity index (χ0v) is 10.0. The Morgan fingerprint density at radius 2 is 2.35 bits per heavy atom. The Balaban J connectivity index is 2.34. The number of hydrogen-bond acceptors (Lipinski definition) is 3. The fourth-order valence-corrected chi connectivity index (χ4v) is 2.36. The number of nitrogens with zero attached hydrogens (tertiary/aromatic N) is 1. The maximum Gasteiger partial charge on any atom is 0.325 e. The second-order valence-corrected chi connectivity index (χ2v) is 4.39. The molecule has 0 spiro atoms. The molecule has 0 saturated carbocycles. The second kappa shape index (κ2) is 4.75. The number of aryl methyl sites for hydroxylation is 1. The van der Waals surface area contributed by atoms with Gasteiger partial charge in [0.1, 0.15) is 6.04 Å². The number of rotatable bonds is 3. The molecule has 0 radical (unpaired) electrons. The minimum Gasteiger partial charge on any atom is -0.480 e. The first kappa shape index (κ1) is 11.9. The average Bonchev–Trinajstić information content (AvgIpc) is 2.36. The fourth-order valence-electron chi connectivity index (χ4n) is 2.36. The molecule has 0 aliphatic carbocycles. The van der Waals surface area contributed by atoms with E-state index in [-0.39, 0.29) is 0 Å². The fraction of sp³-hybridized carbons (Fsp3) is 0.462. The third-order valence-electron chi connectivity index (χ3n) is 3.33. The van der Waals surface area contributed by atoms with Crippen LogP contribution in [0.15, 0.2) is 18.2 Å². The maximum atomic E-state index is 10.9. The highest BCUT2D eigenvalue weighted by Crippen LogP contribution is 2.29. The van der Waals surface area contributed by atoms with Crippen LogP contribution in [0.25, 0.3) is 0 Å². The minimum atomic E-state index is -0.979. The van der Waals surface area contributed by atoms with Crippen molar-refractivity contribution in [2.24, 2.45) is 5.73 Å². The van der Waals surface area contributed by atoms with Gasteiger partial charge in [-0.05, 0) is 37.0 Å². The van der Waals surface area contributed by atoms with E-state index in [1.165, 1.54) is 11.3 Å². The number of aliphatic carboxylic acids is 1. The summed E-state index contributed by atoms with van der Waals surface area (Å²) in [5, 5.41) is 8.90. The van der Waals surface area contributed by atoms with Crippen molar-refractivity contribution in [2.45, 2.75) is 25.8 Å². The van der Waals surface area contributed by atoms with Crippen molar-refractivity contribution in [1.29, 1.82) is 0 Å². The lowest BCUT2D eigenvalue weighted by atomic mass is 9.96. The Hall–Kier alpha value is -1.55. The van der Waals surface area contributed by atoms with Gasteiger partial charge in [-0.25, -0.2) is 0 Å². The quantitative estimate of drug-likeness (QED) is 0.832. The van der Waals surface area contributed by atoms with Crippen molar-refractivity contribution in [1.82, 2.24) is 0 Å². The van der Waals surface area contributed by atoms with Crippen LogP contribution in [0, 0.1) is 0 Å². The van der Waals surface area contributed by atoms with Crippen LogP contribution in [0.4, 0.5) is 5.69 Å². The van der Waals surface area contributed by atoms with Gasteiger partial charge in [0.05, 0.1) is 0 Å². The molecule has 0 unspecified atom stereocenters. The molecule has 0 saturated heterocycles. The van der Waals surface area contributed by atoms with E-state index in [1.807, 2.05) is 18.2 Å². The number of anilines is 1. The predicted molar refractivity (Wildman–Crippen MR) is 67.2 cm³/mol. The highest BCUT2D eigenvalue weighted by Gasteiger charge is 2.19. The molecular weight excluding hydrogens is 216 g/mol. The molecule has 4 heteroatoms. The van der Waals surface area contributed by atoms with Crippen molar-refractivity contribution in [2.75, 3.05) is 18.0 Å². The van der Waals surface area contributed by atoms with Crippen LogP contribution in [0.2, 0.25) is 0 Å². The molecule has 1 atom stereocenters. The SMILES string of the molecule is CCN1CCCc2cc([C@H](N)C(=O)O)ccc21. The highest BCUT2D eigenvalue weighted by molar-refractivity contribution is 5.75. The van der Waals surface area contributed by atoms with Gasteiger partial charge in [0.25, 0.3) is 0 Å². The van der Waals surface area contributed by atoms with Gasteiger partial charge in [-0.3, -0.25) is 4.79 Å². The molecular formula is C13H18N2O2. The number of nitrogens with two attached hydrogens (primary N) is 1. The van der Waals surface area contributed by atoms with Crippen molar-refractivity contribution < 1.29 is 9.90 Å². The monoisotopic (exact) mass is 234 g/mol. The number of carbonyl (C=O) groups is 1. The van der Waals surface area contributed by atoms with E-state index in [4.69, 9.17) is 10.8 Å². The Morgan fingerprint density at radius 1 is 1.59 bits per heavy atom. The van der Waals surface area contributed by atoms with Crippen LogP contribution in [0.5, 0.6) is 0 Å². The highest BCUT2D eigenvalue weighted by atomic mass is 16.4. The van der Waals surface area contributed by atoms with Crippen LogP contribution >= 0.6 is 0 Å². The molecule has 0 bridgehead atoms. The summed E-state index contributed by atoms with van der Waals surface area (Å²) in [5.74, 6) is -0.979. The summed E-state index contributed by atoms with van der Waals surface area (Å²) in [4.78, 5) is 13.2. The molecule has 92 valence electrons. The van der Waals surface area contributed by atoms with Crippen molar-refractivity contribution in [3.8, 4) is 0 Å². The predicted octanol–water partition coefficient (Wildman–Crippen LogP) is 1.54. The van der Waals surface area contributed by atoms with Crippen molar-refractivity contribution >= 4 is 11.7 Å². The second-order valence-electron chi connectivity index (χ2n) is 4.39. The van der Waals surface area contributed by atoms with Gasteiger partial charge in [0, 0.05) is 18.8 Å². The van der Waals surface area contributed by atoms with Crippen LogP contribution in [0.3, 0.4) is 0 Å². The van der Waals surface area contributed by atoms with E-state index < -0.39 is 12.0 Å². The molecule has 0 fully saturated rings. The van der Waals surface area contributed by atoms with Gasteiger partial charge >= 0.3 is 5.97 Å². The number of carboxylic acids is 1. The Labute approximate surface area is 101 Å². The molecule has 1 aromatic rings. The Kier molecular flexibility index (Phi) is 3.33. The van der Waals surface area contributed by atoms with Gasteiger partial charge in [-0.2, -0.15) is 0 Å². The largest absolute Gasteiger partial charge is 0.480 e. The number of fused-ring (bicyclic) bond motifs is 1. The smallest absolute Gasteiger partial charge is 0.325 e. The van der Waals surface area contributed by atoms with E-state index in [9.17, 15) is 4.79 Å². The lowest BCUT2D eigenvalue weighted by Gasteiger charge is -2.30. The molecule has 0 aromatic heterocycles. The van der Waals surface area contributed by atoms with E-state index in [0.29, 0.717) is 5.56 Å². The summed E-state index contributed by atoms with van der Waals surface area (Å²) in [6.45, 7) is 4.19. The molecule has 1 heterocycles. The van der Waals surface area contributed by atoms with Gasteiger partial charge in [-0.15, -0.1) is 0 Å². The third-order valence-corrected chi connectivity index (χ3v) is 3.33. The number of benzene rings is 1. The molecule has 1 aliphatic heterocycles. The van der Waals surface area contributed by atoms with E-state index >= 15 is 0 Å². The first-order valence-corrected chi connectivity index (χ1v) is 5.99. The zero-order chi connectivity index (χ0) is 12.4. The lowest BCUT2D eigenvalue weighted by molar-refractivity contribution is -0.138. The topological polar surface area (TPSA) is 66.6 Å². The average molecular weight is 234 g/mol. The van der Waals surface area contributed by atoms with Gasteiger partial charge in [0.15, 0.2) is 0 Å². The third kappa shape index (κ3) is 2.26. The molecule has 2 rings (SSSR count). The number of hydrogen-bond donors (Lipinski definition) is 2. The van der Waals surface area contributed by atoms with Crippen molar-refractivity contribution in [3.63, 3.8) is 0 Å². The molecule has 3 N–H and O–H groups in total. The normalized spacial score (nSPS) is 16.5. The van der Waals surface area contributed by atoms with E-state index in [1.54, 1.807) is 0 Å². The van der Waals surface area contributed by atoms with Crippen LogP contribution in [-0.4, -0.2) is 24.2 Å². The minimum absolute atomic E-state index is 0.689. The molecule has 4 nitrogen and oxygen atoms in total. The Morgan fingerprint density at radius 3 is 3.00 bits per heavy atom. The summed E-state index contributed by atoms with van der Waals surface area (Å²) < 4.78 is 0. The van der Waals surface area contributed by atoms with Gasteiger partial charge in [0.2, 0.25) is 0 Å². The van der Waals surface area contributed by atoms with Crippen LogP contribution in [0.1, 0.15) is 30.5 Å².